The normalized spacial score (nSPS) is 20.3. The van der Waals surface area contributed by atoms with Crippen LogP contribution in [0.5, 0.6) is 0 Å². The van der Waals surface area contributed by atoms with Gasteiger partial charge in [-0.3, -0.25) is 9.69 Å². The number of amides is 1. The van der Waals surface area contributed by atoms with E-state index in [9.17, 15) is 4.79 Å². The molecule has 5 rings (SSSR count). The molecule has 4 nitrogen and oxygen atoms in total. The zero-order chi connectivity index (χ0) is 18.9. The van der Waals surface area contributed by atoms with Gasteiger partial charge < -0.3 is 4.90 Å². The van der Waals surface area contributed by atoms with Crippen LogP contribution in [-0.4, -0.2) is 35.4 Å². The van der Waals surface area contributed by atoms with E-state index in [4.69, 9.17) is 4.98 Å². The van der Waals surface area contributed by atoms with Gasteiger partial charge in [-0.15, -0.1) is 11.3 Å². The molecule has 0 saturated carbocycles. The van der Waals surface area contributed by atoms with Gasteiger partial charge in [0, 0.05) is 12.2 Å². The summed E-state index contributed by atoms with van der Waals surface area (Å²) in [6.07, 6.45) is 5.56. The lowest BCUT2D eigenvalue weighted by atomic mass is 10.0. The van der Waals surface area contributed by atoms with Crippen LogP contribution in [0.25, 0.3) is 10.2 Å². The Bertz CT molecular complexity index is 965. The standard InChI is InChI=1S/C23H25N3OS/c27-22(26-15-7-9-17-8-1-3-11-19(17)26)16-25-14-6-5-12-20(25)23-24-18-10-2-4-13-21(18)28-23/h1-4,8,10-11,13,20H,5-7,9,12,14-16H2/t20-/m1/s1. The lowest BCUT2D eigenvalue weighted by Gasteiger charge is -2.36. The summed E-state index contributed by atoms with van der Waals surface area (Å²) in [5.41, 5.74) is 3.47. The number of piperidine rings is 1. The molecule has 1 amide bonds. The van der Waals surface area contributed by atoms with Crippen molar-refractivity contribution in [3.8, 4) is 0 Å². The number of rotatable bonds is 3. The molecule has 0 bridgehead atoms. The largest absolute Gasteiger partial charge is 0.311 e. The molecule has 1 saturated heterocycles. The smallest absolute Gasteiger partial charge is 0.241 e. The van der Waals surface area contributed by atoms with Gasteiger partial charge in [-0.25, -0.2) is 4.98 Å². The summed E-state index contributed by atoms with van der Waals surface area (Å²) in [4.78, 5) is 22.5. The van der Waals surface area contributed by atoms with E-state index in [1.165, 1.54) is 16.7 Å². The maximum Gasteiger partial charge on any atom is 0.241 e. The van der Waals surface area contributed by atoms with E-state index in [0.717, 1.165) is 55.0 Å². The molecule has 1 aromatic heterocycles. The van der Waals surface area contributed by atoms with Gasteiger partial charge in [0.15, 0.2) is 0 Å². The zero-order valence-electron chi connectivity index (χ0n) is 16.0. The molecular weight excluding hydrogens is 366 g/mol. The predicted molar refractivity (Wildman–Crippen MR) is 115 cm³/mol. The molecule has 0 spiro atoms. The molecule has 5 heteroatoms. The van der Waals surface area contributed by atoms with E-state index in [2.05, 4.69) is 41.3 Å². The number of anilines is 1. The summed E-state index contributed by atoms with van der Waals surface area (Å²) in [5, 5.41) is 1.16. The van der Waals surface area contributed by atoms with Crippen molar-refractivity contribution in [1.82, 2.24) is 9.88 Å². The van der Waals surface area contributed by atoms with E-state index < -0.39 is 0 Å². The molecule has 28 heavy (non-hydrogen) atoms. The van der Waals surface area contributed by atoms with Crippen LogP contribution < -0.4 is 4.90 Å². The van der Waals surface area contributed by atoms with Crippen molar-refractivity contribution in [3.05, 3.63) is 59.1 Å². The Balaban J connectivity index is 1.38. The number of para-hydroxylation sites is 2. The maximum atomic E-state index is 13.2. The summed E-state index contributed by atoms with van der Waals surface area (Å²) in [5.74, 6) is 0.222. The molecule has 144 valence electrons. The summed E-state index contributed by atoms with van der Waals surface area (Å²) < 4.78 is 1.24. The second-order valence-corrected chi connectivity index (χ2v) is 8.84. The number of benzene rings is 2. The first kappa shape index (κ1) is 17.8. The molecule has 1 fully saturated rings. The first-order valence-corrected chi connectivity index (χ1v) is 11.1. The fourth-order valence-corrected chi connectivity index (χ4v) is 5.68. The van der Waals surface area contributed by atoms with Crippen molar-refractivity contribution in [2.75, 3.05) is 24.5 Å². The van der Waals surface area contributed by atoms with Crippen LogP contribution in [0.3, 0.4) is 0 Å². The van der Waals surface area contributed by atoms with Gasteiger partial charge in [-0.1, -0.05) is 36.8 Å². The topological polar surface area (TPSA) is 36.4 Å². The number of hydrogen-bond donors (Lipinski definition) is 0. The number of nitrogens with zero attached hydrogens (tertiary/aromatic N) is 3. The number of likely N-dealkylation sites (tertiary alicyclic amines) is 1. The minimum absolute atomic E-state index is 0.222. The van der Waals surface area contributed by atoms with Crippen LogP contribution >= 0.6 is 11.3 Å². The number of carbonyl (C=O) groups is 1. The molecule has 2 aliphatic heterocycles. The minimum Gasteiger partial charge on any atom is -0.311 e. The Labute approximate surface area is 169 Å². The summed E-state index contributed by atoms with van der Waals surface area (Å²) >= 11 is 1.78. The molecule has 1 atom stereocenters. The van der Waals surface area contributed by atoms with Gasteiger partial charge in [-0.2, -0.15) is 0 Å². The molecular formula is C23H25N3OS. The van der Waals surface area contributed by atoms with Crippen molar-refractivity contribution >= 4 is 33.1 Å². The maximum absolute atomic E-state index is 13.2. The van der Waals surface area contributed by atoms with Crippen molar-refractivity contribution < 1.29 is 4.79 Å². The average Bonchev–Trinajstić information content (AvgIpc) is 3.18. The lowest BCUT2D eigenvalue weighted by molar-refractivity contribution is -0.120. The van der Waals surface area contributed by atoms with Crippen LogP contribution in [-0.2, 0) is 11.2 Å². The third-order valence-corrected chi connectivity index (χ3v) is 7.10. The first-order valence-electron chi connectivity index (χ1n) is 10.3. The Morgan fingerprint density at radius 2 is 1.89 bits per heavy atom. The van der Waals surface area contributed by atoms with Crippen LogP contribution in [0.2, 0.25) is 0 Å². The highest BCUT2D eigenvalue weighted by molar-refractivity contribution is 7.18. The van der Waals surface area contributed by atoms with Gasteiger partial charge in [-0.05, 0) is 56.0 Å². The van der Waals surface area contributed by atoms with E-state index in [0.29, 0.717) is 6.54 Å². The number of hydrogen-bond acceptors (Lipinski definition) is 4. The Morgan fingerprint density at radius 1 is 1.04 bits per heavy atom. The van der Waals surface area contributed by atoms with Crippen molar-refractivity contribution in [3.63, 3.8) is 0 Å². The zero-order valence-corrected chi connectivity index (χ0v) is 16.8. The lowest BCUT2D eigenvalue weighted by Crippen LogP contribution is -2.45. The third-order valence-electron chi connectivity index (χ3n) is 5.96. The number of carbonyl (C=O) groups excluding carboxylic acids is 1. The van der Waals surface area contributed by atoms with Crippen molar-refractivity contribution in [1.29, 1.82) is 0 Å². The first-order chi connectivity index (χ1) is 13.8. The molecule has 2 aromatic carbocycles. The summed E-state index contributed by atoms with van der Waals surface area (Å²) in [7, 11) is 0. The molecule has 0 radical (unpaired) electrons. The summed E-state index contributed by atoms with van der Waals surface area (Å²) in [6, 6.07) is 16.9. The minimum atomic E-state index is 0.222. The second-order valence-electron chi connectivity index (χ2n) is 7.78. The van der Waals surface area contributed by atoms with E-state index in [1.54, 1.807) is 11.3 Å². The average molecular weight is 392 g/mol. The molecule has 0 unspecified atom stereocenters. The second kappa shape index (κ2) is 7.64. The fraction of sp³-hybridized carbons (Fsp3) is 0.391. The van der Waals surface area contributed by atoms with E-state index >= 15 is 0 Å². The number of aromatic nitrogens is 1. The molecule has 0 N–H and O–H groups in total. The van der Waals surface area contributed by atoms with E-state index in [1.807, 2.05) is 17.0 Å². The van der Waals surface area contributed by atoms with Gasteiger partial charge in [0.25, 0.3) is 0 Å². The SMILES string of the molecule is O=C(CN1CCCC[C@@H]1c1nc2ccccc2s1)N1CCCc2ccccc21. The predicted octanol–water partition coefficient (Wildman–Crippen LogP) is 4.80. The van der Waals surface area contributed by atoms with Crippen molar-refractivity contribution in [2.45, 2.75) is 38.1 Å². The van der Waals surface area contributed by atoms with Gasteiger partial charge in [0.1, 0.15) is 5.01 Å². The summed E-state index contributed by atoms with van der Waals surface area (Å²) in [6.45, 7) is 2.28. The monoisotopic (exact) mass is 391 g/mol. The Hall–Kier alpha value is -2.24. The molecule has 2 aliphatic rings. The quantitative estimate of drug-likeness (QED) is 0.643. The number of fused-ring (bicyclic) bond motifs is 2. The van der Waals surface area contributed by atoms with Crippen LogP contribution in [0, 0.1) is 0 Å². The van der Waals surface area contributed by atoms with Crippen LogP contribution in [0.1, 0.15) is 42.3 Å². The Kier molecular flexibility index (Phi) is 4.87. The van der Waals surface area contributed by atoms with Gasteiger partial charge >= 0.3 is 0 Å². The van der Waals surface area contributed by atoms with Crippen molar-refractivity contribution in [2.24, 2.45) is 0 Å². The van der Waals surface area contributed by atoms with E-state index in [-0.39, 0.29) is 11.9 Å². The highest BCUT2D eigenvalue weighted by atomic mass is 32.1. The third kappa shape index (κ3) is 3.33. The fourth-order valence-electron chi connectivity index (χ4n) is 4.54. The van der Waals surface area contributed by atoms with Gasteiger partial charge in [0.05, 0.1) is 22.8 Å². The Morgan fingerprint density at radius 3 is 2.82 bits per heavy atom. The highest BCUT2D eigenvalue weighted by Crippen LogP contribution is 2.36. The molecule has 3 aromatic rings. The number of thiazole rings is 1. The molecule has 3 heterocycles. The van der Waals surface area contributed by atoms with Crippen LogP contribution in [0.15, 0.2) is 48.5 Å². The number of aryl methyl sites for hydroxylation is 1. The highest BCUT2D eigenvalue weighted by Gasteiger charge is 2.31. The van der Waals surface area contributed by atoms with Crippen LogP contribution in [0.4, 0.5) is 5.69 Å². The molecule has 0 aliphatic carbocycles. The van der Waals surface area contributed by atoms with Gasteiger partial charge in [0.2, 0.25) is 5.91 Å².